The Morgan fingerprint density at radius 1 is 1.21 bits per heavy atom. The highest BCUT2D eigenvalue weighted by Gasteiger charge is 2.38. The van der Waals surface area contributed by atoms with Crippen molar-refractivity contribution < 1.29 is 21.9 Å². The molecule has 0 fully saturated rings. The van der Waals surface area contributed by atoms with E-state index < -0.39 is 21.8 Å². The average Bonchev–Trinajstić information content (AvgIpc) is 3.25. The highest BCUT2D eigenvalue weighted by Crippen LogP contribution is 2.30. The van der Waals surface area contributed by atoms with Gasteiger partial charge in [-0.05, 0) is 31.2 Å². The van der Waals surface area contributed by atoms with Crippen LogP contribution in [0.5, 0.6) is 0 Å². The fraction of sp³-hybridized carbons (Fsp3) is 0.176. The van der Waals surface area contributed by atoms with Gasteiger partial charge in [0.05, 0.1) is 27.3 Å². The van der Waals surface area contributed by atoms with Gasteiger partial charge in [-0.25, -0.2) is 9.19 Å². The highest BCUT2D eigenvalue weighted by atomic mass is 32.2. The minimum atomic E-state index is -4.74. The summed E-state index contributed by atoms with van der Waals surface area (Å²) in [5.74, 6) is -1.69. The Bertz CT molecular complexity index is 1320. The lowest BCUT2D eigenvalue weighted by molar-refractivity contribution is -0.159. The Balaban J connectivity index is 1.87. The summed E-state index contributed by atoms with van der Waals surface area (Å²) >= 11 is 0. The van der Waals surface area contributed by atoms with Gasteiger partial charge in [-0.1, -0.05) is 5.16 Å². The quantitative estimate of drug-likeness (QED) is 0.497. The van der Waals surface area contributed by atoms with E-state index in [1.165, 1.54) is 29.1 Å². The Kier molecular flexibility index (Phi) is 4.37. The molecule has 1 atom stereocenters. The first-order valence-corrected chi connectivity index (χ1v) is 10.1. The van der Waals surface area contributed by atoms with Crippen molar-refractivity contribution in [2.24, 2.45) is 4.36 Å². The summed E-state index contributed by atoms with van der Waals surface area (Å²) < 4.78 is 61.7. The number of hydrogen-bond acceptors (Lipinski definition) is 7. The van der Waals surface area contributed by atoms with Crippen molar-refractivity contribution in [3.05, 3.63) is 54.4 Å². The maximum Gasteiger partial charge on any atom is 0.471 e. The third-order valence-corrected chi connectivity index (χ3v) is 5.72. The van der Waals surface area contributed by atoms with Gasteiger partial charge in [0.2, 0.25) is 5.82 Å². The zero-order valence-electron chi connectivity index (χ0n) is 15.1. The van der Waals surface area contributed by atoms with E-state index in [0.717, 1.165) is 0 Å². The monoisotopic (exact) mass is 422 g/mol. The SMILES string of the molecule is Cc1nc2ccc(-c3noc(C(F)(F)F)n3)cn2c1S(C)(=O)=Nc1cccnc1. The molecule has 0 saturated carbocycles. The van der Waals surface area contributed by atoms with E-state index in [-0.39, 0.29) is 11.4 Å². The lowest BCUT2D eigenvalue weighted by atomic mass is 10.3. The van der Waals surface area contributed by atoms with Crippen LogP contribution in [0.15, 0.2) is 56.8 Å². The average molecular weight is 422 g/mol. The first-order chi connectivity index (χ1) is 13.6. The standard InChI is InChI=1S/C17H13F3N6O2S/c1-10-15(29(2,27)25-12-4-3-7-21-8-12)26-9-11(5-6-13(26)22-10)14-23-16(28-24-14)17(18,19)20/h3-9H,1-2H3. The lowest BCUT2D eigenvalue weighted by Gasteiger charge is -2.07. The van der Waals surface area contributed by atoms with Crippen LogP contribution in [0, 0.1) is 6.92 Å². The molecule has 150 valence electrons. The van der Waals surface area contributed by atoms with Gasteiger partial charge in [-0.2, -0.15) is 22.5 Å². The summed E-state index contributed by atoms with van der Waals surface area (Å²) in [6, 6.07) is 6.40. The van der Waals surface area contributed by atoms with Gasteiger partial charge >= 0.3 is 12.1 Å². The molecule has 29 heavy (non-hydrogen) atoms. The van der Waals surface area contributed by atoms with Crippen molar-refractivity contribution in [3.8, 4) is 11.4 Å². The molecule has 0 N–H and O–H groups in total. The van der Waals surface area contributed by atoms with Crippen LogP contribution in [0.25, 0.3) is 17.0 Å². The molecule has 1 unspecified atom stereocenters. The predicted octanol–water partition coefficient (Wildman–Crippen LogP) is 3.89. The van der Waals surface area contributed by atoms with Crippen molar-refractivity contribution in [2.75, 3.05) is 6.26 Å². The Morgan fingerprint density at radius 2 is 2.00 bits per heavy atom. The van der Waals surface area contributed by atoms with Crippen LogP contribution >= 0.6 is 0 Å². The number of imidazole rings is 1. The minimum absolute atomic E-state index is 0.243. The number of halogens is 3. The molecular weight excluding hydrogens is 409 g/mol. The number of pyridine rings is 2. The first-order valence-electron chi connectivity index (χ1n) is 8.17. The third-order valence-electron chi connectivity index (χ3n) is 3.95. The van der Waals surface area contributed by atoms with Crippen molar-refractivity contribution in [1.82, 2.24) is 24.5 Å². The molecular formula is C17H13F3N6O2S. The number of hydrogen-bond donors (Lipinski definition) is 0. The molecule has 0 aliphatic rings. The number of rotatable bonds is 3. The smallest absolute Gasteiger partial charge is 0.329 e. The summed E-state index contributed by atoms with van der Waals surface area (Å²) in [6.07, 6.45) is 1.22. The second-order valence-electron chi connectivity index (χ2n) is 6.17. The van der Waals surface area contributed by atoms with Crippen LogP contribution in [0.1, 0.15) is 11.6 Å². The molecule has 0 spiro atoms. The van der Waals surface area contributed by atoms with Gasteiger partial charge in [-0.15, -0.1) is 0 Å². The van der Waals surface area contributed by atoms with Crippen LogP contribution < -0.4 is 0 Å². The summed E-state index contributed by atoms with van der Waals surface area (Å²) in [6.45, 7) is 1.68. The molecule has 4 aromatic heterocycles. The predicted molar refractivity (Wildman–Crippen MR) is 96.9 cm³/mol. The lowest BCUT2D eigenvalue weighted by Crippen LogP contribution is -2.05. The summed E-state index contributed by atoms with van der Waals surface area (Å²) in [7, 11) is -2.95. The molecule has 0 amide bonds. The van der Waals surface area contributed by atoms with Gasteiger partial charge < -0.3 is 4.52 Å². The fourth-order valence-electron chi connectivity index (χ4n) is 2.84. The molecule has 0 saturated heterocycles. The highest BCUT2D eigenvalue weighted by molar-refractivity contribution is 7.93. The van der Waals surface area contributed by atoms with E-state index >= 15 is 0 Å². The number of aromatic nitrogens is 5. The van der Waals surface area contributed by atoms with Crippen molar-refractivity contribution in [2.45, 2.75) is 18.1 Å². The molecule has 4 aromatic rings. The zero-order valence-corrected chi connectivity index (χ0v) is 15.9. The molecule has 4 heterocycles. The fourth-order valence-corrected chi connectivity index (χ4v) is 4.54. The van der Waals surface area contributed by atoms with E-state index in [9.17, 15) is 17.4 Å². The van der Waals surface area contributed by atoms with E-state index in [4.69, 9.17) is 0 Å². The molecule has 0 aliphatic heterocycles. The largest absolute Gasteiger partial charge is 0.471 e. The second-order valence-corrected chi connectivity index (χ2v) is 8.35. The number of alkyl halides is 3. The first kappa shape index (κ1) is 19.1. The Labute approximate surface area is 162 Å². The molecule has 0 radical (unpaired) electrons. The van der Waals surface area contributed by atoms with E-state index in [1.807, 2.05) is 0 Å². The van der Waals surface area contributed by atoms with E-state index in [0.29, 0.717) is 22.1 Å². The second kappa shape index (κ2) is 6.65. The Hall–Kier alpha value is -3.28. The van der Waals surface area contributed by atoms with Gasteiger partial charge in [-0.3, -0.25) is 9.38 Å². The van der Waals surface area contributed by atoms with E-state index in [1.54, 1.807) is 31.3 Å². The normalized spacial score (nSPS) is 14.1. The molecule has 12 heteroatoms. The molecule has 0 aromatic carbocycles. The summed E-state index contributed by atoms with van der Waals surface area (Å²) in [5.41, 5.74) is 1.61. The zero-order chi connectivity index (χ0) is 20.8. The maximum atomic E-state index is 13.4. The van der Waals surface area contributed by atoms with Crippen LogP contribution in [0.4, 0.5) is 18.9 Å². The molecule has 4 rings (SSSR count). The minimum Gasteiger partial charge on any atom is -0.329 e. The maximum absolute atomic E-state index is 13.4. The number of fused-ring (bicyclic) bond motifs is 1. The summed E-state index contributed by atoms with van der Waals surface area (Å²) in [5, 5.41) is 3.70. The molecule has 0 aliphatic carbocycles. The van der Waals surface area contributed by atoms with Gasteiger partial charge in [0.1, 0.15) is 10.7 Å². The summed E-state index contributed by atoms with van der Waals surface area (Å²) in [4.78, 5) is 11.7. The van der Waals surface area contributed by atoms with Crippen molar-refractivity contribution in [3.63, 3.8) is 0 Å². The molecule has 8 nitrogen and oxygen atoms in total. The van der Waals surface area contributed by atoms with Crippen LogP contribution in [-0.2, 0) is 15.9 Å². The van der Waals surface area contributed by atoms with Gasteiger partial charge in [0, 0.05) is 24.2 Å². The van der Waals surface area contributed by atoms with Crippen molar-refractivity contribution >= 4 is 21.1 Å². The number of nitrogens with zero attached hydrogens (tertiary/aromatic N) is 6. The van der Waals surface area contributed by atoms with Crippen LogP contribution in [-0.4, -0.2) is 35.0 Å². The Morgan fingerprint density at radius 3 is 2.66 bits per heavy atom. The van der Waals surface area contributed by atoms with Gasteiger partial charge in [0.25, 0.3) is 0 Å². The van der Waals surface area contributed by atoms with Crippen LogP contribution in [0.3, 0.4) is 0 Å². The van der Waals surface area contributed by atoms with Crippen LogP contribution in [0.2, 0.25) is 0 Å². The van der Waals surface area contributed by atoms with Gasteiger partial charge in [0.15, 0.2) is 0 Å². The van der Waals surface area contributed by atoms with Crippen molar-refractivity contribution in [1.29, 1.82) is 0 Å². The number of aryl methyl sites for hydroxylation is 1. The topological polar surface area (TPSA) is 98.5 Å². The molecule has 0 bridgehead atoms. The third kappa shape index (κ3) is 3.58. The van der Waals surface area contributed by atoms with E-state index in [2.05, 4.69) is 29.0 Å².